The summed E-state index contributed by atoms with van der Waals surface area (Å²) in [7, 11) is 7.30. The number of rotatable bonds is 7. The number of halogens is 1. The molecule has 7 heteroatoms. The Morgan fingerprint density at radius 2 is 1.64 bits per heavy atom. The molecular weight excluding hydrogens is 467 g/mol. The average Bonchev–Trinajstić information content (AvgIpc) is 2.60. The normalized spacial score (nSPS) is 12.3. The number of hydrogen-bond donors (Lipinski definition) is 2. The maximum Gasteiger partial charge on any atom is 0.193 e. The van der Waals surface area contributed by atoms with Crippen LogP contribution in [0.5, 0.6) is 11.5 Å². The molecule has 0 heterocycles. The van der Waals surface area contributed by atoms with E-state index in [4.69, 9.17) is 15.2 Å². The van der Waals surface area contributed by atoms with Gasteiger partial charge < -0.3 is 25.4 Å². The summed E-state index contributed by atoms with van der Waals surface area (Å²) < 4.78 is 10.7. The number of hydrogen-bond acceptors (Lipinski definition) is 4. The third-order valence-electron chi connectivity index (χ3n) is 4.34. The van der Waals surface area contributed by atoms with Crippen LogP contribution in [0.25, 0.3) is 0 Å². The van der Waals surface area contributed by atoms with Crippen LogP contribution in [0, 0.1) is 13.8 Å². The molecule has 0 aliphatic carbocycles. The Labute approximate surface area is 185 Å². The number of nitrogens with one attached hydrogen (secondary N) is 1. The third kappa shape index (κ3) is 6.56. The highest BCUT2D eigenvalue weighted by Gasteiger charge is 2.16. The molecule has 28 heavy (non-hydrogen) atoms. The van der Waals surface area contributed by atoms with E-state index in [1.165, 1.54) is 11.1 Å². The van der Waals surface area contributed by atoms with Gasteiger partial charge in [0.25, 0.3) is 0 Å². The van der Waals surface area contributed by atoms with Crippen LogP contribution in [0.4, 0.5) is 5.69 Å². The number of nitrogens with two attached hydrogens (primary N) is 1. The highest BCUT2D eigenvalue weighted by molar-refractivity contribution is 14.0. The number of guanidine groups is 1. The van der Waals surface area contributed by atoms with Gasteiger partial charge in [0.2, 0.25) is 0 Å². The summed E-state index contributed by atoms with van der Waals surface area (Å²) in [5.74, 6) is 1.80. The van der Waals surface area contributed by atoms with E-state index in [0.717, 1.165) is 11.3 Å². The van der Waals surface area contributed by atoms with Crippen LogP contribution >= 0.6 is 24.0 Å². The van der Waals surface area contributed by atoms with Crippen LogP contribution in [0.15, 0.2) is 41.4 Å². The number of benzene rings is 2. The molecule has 1 atom stereocenters. The van der Waals surface area contributed by atoms with Gasteiger partial charge in [0, 0.05) is 5.69 Å². The molecule has 0 saturated heterocycles. The molecule has 0 amide bonds. The topological polar surface area (TPSA) is 72.1 Å². The van der Waals surface area contributed by atoms with Gasteiger partial charge in [0.15, 0.2) is 17.5 Å². The lowest BCUT2D eigenvalue weighted by atomic mass is 10.1. The minimum atomic E-state index is 0. The molecule has 0 saturated carbocycles. The molecular formula is C21H31IN4O2. The Hall–Kier alpha value is -2.00. The van der Waals surface area contributed by atoms with Gasteiger partial charge in [-0.15, -0.1) is 24.0 Å². The maximum atomic E-state index is 6.11. The summed E-state index contributed by atoms with van der Waals surface area (Å²) in [4.78, 5) is 6.65. The summed E-state index contributed by atoms with van der Waals surface area (Å²) in [5.41, 5.74) is 10.5. The van der Waals surface area contributed by atoms with Gasteiger partial charge in [-0.25, -0.2) is 0 Å². The van der Waals surface area contributed by atoms with Crippen LogP contribution in [0.2, 0.25) is 0 Å². The fourth-order valence-corrected chi connectivity index (χ4v) is 3.05. The fraction of sp³-hybridized carbons (Fsp3) is 0.381. The summed E-state index contributed by atoms with van der Waals surface area (Å²) in [6.45, 7) is 4.64. The zero-order valence-electron chi connectivity index (χ0n) is 17.4. The number of likely N-dealkylation sites (N-methyl/N-ethyl adjacent to an activating group) is 1. The first-order chi connectivity index (χ1) is 12.8. The first kappa shape index (κ1) is 24.0. The smallest absolute Gasteiger partial charge is 0.193 e. The number of aryl methyl sites for hydroxylation is 2. The zero-order valence-corrected chi connectivity index (χ0v) is 19.8. The minimum absolute atomic E-state index is 0. The summed E-state index contributed by atoms with van der Waals surface area (Å²) in [5, 5.41) is 3.17. The van der Waals surface area contributed by atoms with Crippen molar-refractivity contribution in [3.8, 4) is 11.5 Å². The molecule has 2 aromatic carbocycles. The van der Waals surface area contributed by atoms with E-state index in [2.05, 4.69) is 35.1 Å². The van der Waals surface area contributed by atoms with Gasteiger partial charge in [-0.05, 0) is 68.9 Å². The number of aliphatic imine (C=N–C) groups is 1. The molecule has 2 rings (SSSR count). The molecule has 0 aromatic heterocycles. The average molecular weight is 498 g/mol. The van der Waals surface area contributed by atoms with Gasteiger partial charge in [0.05, 0.1) is 26.8 Å². The Morgan fingerprint density at radius 1 is 1.04 bits per heavy atom. The summed E-state index contributed by atoms with van der Waals surface area (Å²) >= 11 is 0. The molecule has 154 valence electrons. The highest BCUT2D eigenvalue weighted by atomic mass is 127. The lowest BCUT2D eigenvalue weighted by molar-refractivity contribution is 0.303. The number of nitrogens with zero attached hydrogens (tertiary/aromatic N) is 2. The first-order valence-corrected chi connectivity index (χ1v) is 8.87. The van der Waals surface area contributed by atoms with Crippen LogP contribution in [0.3, 0.4) is 0 Å². The second-order valence-corrected chi connectivity index (χ2v) is 6.82. The second-order valence-electron chi connectivity index (χ2n) is 6.82. The molecule has 0 fully saturated rings. The van der Waals surface area contributed by atoms with Crippen LogP contribution in [-0.4, -0.2) is 45.7 Å². The van der Waals surface area contributed by atoms with Gasteiger partial charge >= 0.3 is 0 Å². The van der Waals surface area contributed by atoms with E-state index in [1.54, 1.807) is 14.2 Å². The zero-order chi connectivity index (χ0) is 20.0. The standard InChI is InChI=1S/C21H30N4O2.HI/c1-14-9-15(2)11-17(10-14)24-21(22)23-13-18(25(3)4)16-7-8-19(26-5)20(12-16)27-6;/h7-12,18H,13H2,1-6H3,(H3,22,23,24);1H. The molecule has 0 spiro atoms. The number of methoxy groups -OCH3 is 2. The first-order valence-electron chi connectivity index (χ1n) is 8.87. The van der Waals surface area contributed by atoms with Gasteiger partial charge in [0.1, 0.15) is 0 Å². The van der Waals surface area contributed by atoms with Crippen molar-refractivity contribution in [2.24, 2.45) is 10.7 Å². The van der Waals surface area contributed by atoms with E-state index in [1.807, 2.05) is 44.4 Å². The molecule has 2 aromatic rings. The van der Waals surface area contributed by atoms with Crippen molar-refractivity contribution >= 4 is 35.6 Å². The van der Waals surface area contributed by atoms with Crippen LogP contribution < -0.4 is 20.5 Å². The van der Waals surface area contributed by atoms with Crippen molar-refractivity contribution in [3.63, 3.8) is 0 Å². The maximum absolute atomic E-state index is 6.11. The molecule has 1 unspecified atom stereocenters. The molecule has 6 nitrogen and oxygen atoms in total. The monoisotopic (exact) mass is 498 g/mol. The van der Waals surface area contributed by atoms with E-state index < -0.39 is 0 Å². The molecule has 0 radical (unpaired) electrons. The second kappa shape index (κ2) is 11.1. The predicted octanol–water partition coefficient (Wildman–Crippen LogP) is 3.97. The van der Waals surface area contributed by atoms with Crippen molar-refractivity contribution in [2.45, 2.75) is 19.9 Å². The van der Waals surface area contributed by atoms with Gasteiger partial charge in [-0.3, -0.25) is 4.99 Å². The quantitative estimate of drug-likeness (QED) is 0.344. The van der Waals surface area contributed by atoms with E-state index in [9.17, 15) is 0 Å². The predicted molar refractivity (Wildman–Crippen MR) is 127 cm³/mol. The van der Waals surface area contributed by atoms with E-state index in [0.29, 0.717) is 24.0 Å². The SMILES string of the molecule is COc1ccc(C(CN=C(N)Nc2cc(C)cc(C)c2)N(C)C)cc1OC.I. The van der Waals surface area contributed by atoms with Crippen molar-refractivity contribution in [1.29, 1.82) is 0 Å². The van der Waals surface area contributed by atoms with Crippen molar-refractivity contribution < 1.29 is 9.47 Å². The lowest BCUT2D eigenvalue weighted by Crippen LogP contribution is -2.27. The molecule has 0 aliphatic rings. The van der Waals surface area contributed by atoms with Crippen LogP contribution in [0.1, 0.15) is 22.7 Å². The van der Waals surface area contributed by atoms with Crippen molar-refractivity contribution in [3.05, 3.63) is 53.1 Å². The van der Waals surface area contributed by atoms with Gasteiger partial charge in [-0.2, -0.15) is 0 Å². The lowest BCUT2D eigenvalue weighted by Gasteiger charge is -2.24. The Kier molecular flexibility index (Phi) is 9.54. The van der Waals surface area contributed by atoms with Crippen LogP contribution in [-0.2, 0) is 0 Å². The Balaban J connectivity index is 0.00000392. The van der Waals surface area contributed by atoms with Gasteiger partial charge in [-0.1, -0.05) is 12.1 Å². The summed E-state index contributed by atoms with van der Waals surface area (Å²) in [6, 6.07) is 12.2. The third-order valence-corrected chi connectivity index (χ3v) is 4.34. The largest absolute Gasteiger partial charge is 0.493 e. The number of ether oxygens (including phenoxy) is 2. The number of anilines is 1. The van der Waals surface area contributed by atoms with Crippen molar-refractivity contribution in [2.75, 3.05) is 40.2 Å². The summed E-state index contributed by atoms with van der Waals surface area (Å²) in [6.07, 6.45) is 0. The Bertz CT molecular complexity index is 789. The minimum Gasteiger partial charge on any atom is -0.493 e. The molecule has 0 aliphatic heterocycles. The van der Waals surface area contributed by atoms with E-state index in [-0.39, 0.29) is 30.0 Å². The van der Waals surface area contributed by atoms with E-state index >= 15 is 0 Å². The Morgan fingerprint density at radius 3 is 2.18 bits per heavy atom. The highest BCUT2D eigenvalue weighted by Crippen LogP contribution is 2.31. The fourth-order valence-electron chi connectivity index (χ4n) is 3.05. The molecule has 0 bridgehead atoms. The van der Waals surface area contributed by atoms with Crippen molar-refractivity contribution in [1.82, 2.24) is 4.90 Å². The molecule has 3 N–H and O–H groups in total.